The molecule has 4 heteroatoms. The topological polar surface area (TPSA) is 80.8 Å². The van der Waals surface area contributed by atoms with Gasteiger partial charge < -0.3 is 10.6 Å². The minimum Gasteiger partial charge on any atom is -0.480 e. The van der Waals surface area contributed by atoms with Crippen LogP contribution in [0.4, 0.5) is 0 Å². The first-order chi connectivity index (χ1) is 4.50. The number of hydrogen-bond acceptors (Lipinski definition) is 2. The molecule has 0 saturated carbocycles. The quantitative estimate of drug-likeness (QED) is 0.560. The number of rotatable bonds is 4. The van der Waals surface area contributed by atoms with Gasteiger partial charge in [-0.25, -0.2) is 0 Å². The van der Waals surface area contributed by atoms with Crippen molar-refractivity contribution in [3.8, 4) is 0 Å². The van der Waals surface area contributed by atoms with E-state index >= 15 is 0 Å². The summed E-state index contributed by atoms with van der Waals surface area (Å²) in [5.41, 5.74) is -0.853. The molecule has 0 saturated heterocycles. The highest BCUT2D eigenvalue weighted by Crippen LogP contribution is 1.99. The van der Waals surface area contributed by atoms with E-state index in [1.807, 2.05) is 0 Å². The highest BCUT2D eigenvalue weighted by atomic mass is 16.4. The van der Waals surface area contributed by atoms with Crippen LogP contribution in [0, 0.1) is 0 Å². The van der Waals surface area contributed by atoms with Crippen molar-refractivity contribution in [3.63, 3.8) is 0 Å². The van der Waals surface area contributed by atoms with Crippen molar-refractivity contribution in [1.29, 1.82) is 0 Å². The average molecular weight is 161 g/mol. The van der Waals surface area contributed by atoms with Gasteiger partial charge in [0.25, 0.3) is 0 Å². The van der Waals surface area contributed by atoms with Crippen LogP contribution >= 0.6 is 0 Å². The van der Waals surface area contributed by atoms with Crippen LogP contribution in [0.1, 0.15) is 13.8 Å². The molecule has 0 heterocycles. The van der Waals surface area contributed by atoms with Gasteiger partial charge in [-0.05, 0) is 13.8 Å². The Balaban J connectivity index is 0. The fourth-order valence-electron chi connectivity index (χ4n) is 0.403. The van der Waals surface area contributed by atoms with E-state index in [0.717, 1.165) is 0 Å². The zero-order valence-electron chi connectivity index (χ0n) is 6.85. The Bertz CT molecular complexity index is 143. The number of aliphatic carboxylic acids is 1. The first-order valence-electron chi connectivity index (χ1n) is 3.10. The van der Waals surface area contributed by atoms with Crippen LogP contribution in [0.25, 0.3) is 0 Å². The van der Waals surface area contributed by atoms with Crippen molar-refractivity contribution in [1.82, 2.24) is 5.32 Å². The Labute approximate surface area is 66.2 Å². The second-order valence-corrected chi connectivity index (χ2v) is 2.60. The molecule has 0 aromatic heterocycles. The molecule has 0 aliphatic rings. The Morgan fingerprint density at radius 1 is 1.73 bits per heavy atom. The van der Waals surface area contributed by atoms with Gasteiger partial charge in [0.15, 0.2) is 0 Å². The highest BCUT2D eigenvalue weighted by Gasteiger charge is 2.24. The van der Waals surface area contributed by atoms with Crippen molar-refractivity contribution >= 4 is 5.97 Å². The van der Waals surface area contributed by atoms with Gasteiger partial charge in [-0.2, -0.15) is 0 Å². The van der Waals surface area contributed by atoms with Crippen LogP contribution < -0.4 is 5.32 Å². The third-order valence-corrected chi connectivity index (χ3v) is 1.22. The predicted octanol–water partition coefficient (Wildman–Crippen LogP) is -0.200. The van der Waals surface area contributed by atoms with Crippen LogP contribution in [0.3, 0.4) is 0 Å². The molecule has 0 atom stereocenters. The first-order valence-corrected chi connectivity index (χ1v) is 3.10. The molecular weight excluding hydrogens is 146 g/mol. The lowest BCUT2D eigenvalue weighted by Gasteiger charge is -2.19. The van der Waals surface area contributed by atoms with Gasteiger partial charge >= 0.3 is 5.97 Å². The second kappa shape index (κ2) is 4.87. The predicted molar refractivity (Wildman–Crippen MR) is 43.5 cm³/mol. The van der Waals surface area contributed by atoms with Gasteiger partial charge in [-0.15, -0.1) is 6.58 Å². The Morgan fingerprint density at radius 3 is 2.45 bits per heavy atom. The van der Waals surface area contributed by atoms with E-state index in [9.17, 15) is 4.79 Å². The molecule has 0 aromatic rings. The van der Waals surface area contributed by atoms with E-state index in [2.05, 4.69) is 11.9 Å². The lowest BCUT2D eigenvalue weighted by Crippen LogP contribution is -2.46. The maximum Gasteiger partial charge on any atom is 0.323 e. The van der Waals surface area contributed by atoms with Gasteiger partial charge in [-0.3, -0.25) is 10.1 Å². The van der Waals surface area contributed by atoms with Crippen LogP contribution in [-0.4, -0.2) is 28.6 Å². The number of nitrogens with one attached hydrogen (secondary N) is 1. The summed E-state index contributed by atoms with van der Waals surface area (Å²) in [6.07, 6.45) is 1.63. The van der Waals surface area contributed by atoms with Crippen molar-refractivity contribution in [3.05, 3.63) is 12.7 Å². The molecular formula is C7H15NO3. The molecule has 0 unspecified atom stereocenters. The molecule has 0 bridgehead atoms. The number of carboxylic acids is 1. The maximum atomic E-state index is 10.4. The summed E-state index contributed by atoms with van der Waals surface area (Å²) in [5.74, 6) is -0.852. The zero-order valence-corrected chi connectivity index (χ0v) is 6.85. The molecule has 66 valence electrons. The van der Waals surface area contributed by atoms with E-state index in [1.54, 1.807) is 19.9 Å². The van der Waals surface area contributed by atoms with Crippen LogP contribution in [-0.2, 0) is 4.79 Å². The molecule has 0 rings (SSSR count). The van der Waals surface area contributed by atoms with E-state index in [1.165, 1.54) is 0 Å². The molecule has 0 spiro atoms. The average Bonchev–Trinajstić information content (AvgIpc) is 1.84. The van der Waals surface area contributed by atoms with Gasteiger partial charge in [0, 0.05) is 6.54 Å². The molecule has 4 N–H and O–H groups in total. The minimum atomic E-state index is -0.853. The fraction of sp³-hybridized carbons (Fsp3) is 0.571. The number of carbonyl (C=O) groups is 1. The van der Waals surface area contributed by atoms with E-state index in [-0.39, 0.29) is 5.48 Å². The minimum absolute atomic E-state index is 0. The molecule has 0 aliphatic carbocycles. The third-order valence-electron chi connectivity index (χ3n) is 1.22. The molecule has 0 amide bonds. The van der Waals surface area contributed by atoms with E-state index in [4.69, 9.17) is 5.11 Å². The lowest BCUT2D eigenvalue weighted by molar-refractivity contribution is -0.143. The van der Waals surface area contributed by atoms with Gasteiger partial charge in [0.2, 0.25) is 0 Å². The summed E-state index contributed by atoms with van der Waals surface area (Å²) in [5, 5.41) is 11.4. The normalized spacial score (nSPS) is 10.0. The summed E-state index contributed by atoms with van der Waals surface area (Å²) in [4.78, 5) is 10.4. The Hall–Kier alpha value is -0.870. The molecule has 0 fully saturated rings. The standard InChI is InChI=1S/C7H13NO2.H2O/c1-4-5-8-7(2,3)6(9)10;/h4,8H,1,5H2,2-3H3,(H,9,10);1H2. The Kier molecular flexibility index (Phi) is 5.66. The van der Waals surface area contributed by atoms with E-state index < -0.39 is 11.5 Å². The molecule has 0 aliphatic heterocycles. The summed E-state index contributed by atoms with van der Waals surface area (Å²) < 4.78 is 0. The van der Waals surface area contributed by atoms with Crippen LogP contribution in [0.5, 0.6) is 0 Å². The van der Waals surface area contributed by atoms with Gasteiger partial charge in [-0.1, -0.05) is 6.08 Å². The molecule has 0 radical (unpaired) electrons. The smallest absolute Gasteiger partial charge is 0.323 e. The monoisotopic (exact) mass is 161 g/mol. The lowest BCUT2D eigenvalue weighted by atomic mass is 10.1. The van der Waals surface area contributed by atoms with Crippen LogP contribution in [0.2, 0.25) is 0 Å². The molecule has 4 nitrogen and oxygen atoms in total. The first kappa shape index (κ1) is 12.8. The Morgan fingerprint density at radius 2 is 2.18 bits per heavy atom. The maximum absolute atomic E-state index is 10.4. The summed E-state index contributed by atoms with van der Waals surface area (Å²) in [6.45, 7) is 7.20. The molecule has 11 heavy (non-hydrogen) atoms. The third kappa shape index (κ3) is 4.52. The highest BCUT2D eigenvalue weighted by molar-refractivity contribution is 5.77. The zero-order chi connectivity index (χ0) is 8.20. The molecule has 0 aromatic carbocycles. The summed E-state index contributed by atoms with van der Waals surface area (Å²) in [6, 6.07) is 0. The van der Waals surface area contributed by atoms with Crippen molar-refractivity contribution < 1.29 is 15.4 Å². The summed E-state index contributed by atoms with van der Waals surface area (Å²) in [7, 11) is 0. The largest absolute Gasteiger partial charge is 0.480 e. The number of carboxylic acid groups (broad SMARTS) is 1. The van der Waals surface area contributed by atoms with Crippen molar-refractivity contribution in [2.24, 2.45) is 0 Å². The SMILES string of the molecule is C=CCNC(C)(C)C(=O)O.O. The van der Waals surface area contributed by atoms with Gasteiger partial charge in [0.05, 0.1) is 0 Å². The fourth-order valence-corrected chi connectivity index (χ4v) is 0.403. The van der Waals surface area contributed by atoms with Crippen molar-refractivity contribution in [2.45, 2.75) is 19.4 Å². The van der Waals surface area contributed by atoms with Crippen molar-refractivity contribution in [2.75, 3.05) is 6.54 Å². The van der Waals surface area contributed by atoms with E-state index in [0.29, 0.717) is 6.54 Å². The van der Waals surface area contributed by atoms with Crippen LogP contribution in [0.15, 0.2) is 12.7 Å². The second-order valence-electron chi connectivity index (χ2n) is 2.60. The summed E-state index contributed by atoms with van der Waals surface area (Å²) >= 11 is 0. The number of hydrogen-bond donors (Lipinski definition) is 2. The van der Waals surface area contributed by atoms with Gasteiger partial charge in [0.1, 0.15) is 5.54 Å².